The molecule has 0 aromatic heterocycles. The number of nitrogens with zero attached hydrogens (tertiary/aromatic N) is 1. The molecule has 0 spiro atoms. The molecule has 3 aromatic carbocycles. The maximum atomic E-state index is 13.4. The van der Waals surface area contributed by atoms with Crippen LogP contribution >= 0.6 is 0 Å². The minimum absolute atomic E-state index is 0.0349. The summed E-state index contributed by atoms with van der Waals surface area (Å²) in [5.74, 6) is 0.434. The Labute approximate surface area is 182 Å². The lowest BCUT2D eigenvalue weighted by atomic mass is 10.00. The summed E-state index contributed by atoms with van der Waals surface area (Å²) in [6.07, 6.45) is 1.18. The van der Waals surface area contributed by atoms with Gasteiger partial charge in [0.2, 0.25) is 15.9 Å². The molecule has 0 radical (unpaired) electrons. The molecule has 1 amide bonds. The van der Waals surface area contributed by atoms with Gasteiger partial charge in [-0.05, 0) is 35.7 Å². The second kappa shape index (κ2) is 8.91. The Hall–Kier alpha value is -3.16. The van der Waals surface area contributed by atoms with Gasteiger partial charge in [0.25, 0.3) is 0 Å². The first-order valence-corrected chi connectivity index (χ1v) is 11.6. The standard InChI is InChI=1S/C24H24N2O4S/c1-30-22-15-14-20(17-21(22)26-16-8-13-23(26)27)31(28,29)25-24(18-9-4-2-5-10-18)19-11-6-3-7-12-19/h2-7,9-12,14-15,17,24-25H,8,13,16H2,1H3. The van der Waals surface area contributed by atoms with Crippen LogP contribution in [0.3, 0.4) is 0 Å². The largest absolute Gasteiger partial charge is 0.495 e. The molecule has 4 rings (SSSR count). The quantitative estimate of drug-likeness (QED) is 0.610. The first-order valence-electron chi connectivity index (χ1n) is 10.1. The van der Waals surface area contributed by atoms with Crippen LogP contribution in [0.15, 0.2) is 83.8 Å². The van der Waals surface area contributed by atoms with Gasteiger partial charge in [0.15, 0.2) is 0 Å². The fourth-order valence-electron chi connectivity index (χ4n) is 3.79. The second-order valence-electron chi connectivity index (χ2n) is 7.36. The van der Waals surface area contributed by atoms with Gasteiger partial charge in [-0.15, -0.1) is 0 Å². The van der Waals surface area contributed by atoms with Crippen LogP contribution in [0.4, 0.5) is 5.69 Å². The predicted octanol–water partition coefficient (Wildman–Crippen LogP) is 3.89. The van der Waals surface area contributed by atoms with Crippen LogP contribution in [0.25, 0.3) is 0 Å². The molecule has 1 aliphatic rings. The number of nitrogens with one attached hydrogen (secondary N) is 1. The summed E-state index contributed by atoms with van der Waals surface area (Å²) < 4.78 is 35.0. The maximum absolute atomic E-state index is 13.4. The summed E-state index contributed by atoms with van der Waals surface area (Å²) in [4.78, 5) is 13.9. The Bertz CT molecular complexity index is 1130. The normalized spacial score (nSPS) is 14.3. The minimum atomic E-state index is -3.89. The molecular formula is C24H24N2O4S. The third-order valence-electron chi connectivity index (χ3n) is 5.36. The van der Waals surface area contributed by atoms with Crippen molar-refractivity contribution in [1.29, 1.82) is 0 Å². The van der Waals surface area contributed by atoms with E-state index in [2.05, 4.69) is 4.72 Å². The average molecular weight is 437 g/mol. The topological polar surface area (TPSA) is 75.7 Å². The molecule has 1 heterocycles. The van der Waals surface area contributed by atoms with Gasteiger partial charge in [-0.2, -0.15) is 4.72 Å². The smallest absolute Gasteiger partial charge is 0.241 e. The van der Waals surface area contributed by atoms with E-state index in [4.69, 9.17) is 4.74 Å². The van der Waals surface area contributed by atoms with Crippen LogP contribution in [0.2, 0.25) is 0 Å². The van der Waals surface area contributed by atoms with E-state index in [0.717, 1.165) is 17.5 Å². The number of ether oxygens (including phenoxy) is 1. The van der Waals surface area contributed by atoms with Crippen LogP contribution in [-0.4, -0.2) is 28.0 Å². The molecule has 7 heteroatoms. The number of hydrogen-bond acceptors (Lipinski definition) is 4. The van der Waals surface area contributed by atoms with E-state index >= 15 is 0 Å². The number of methoxy groups -OCH3 is 1. The predicted molar refractivity (Wildman–Crippen MR) is 120 cm³/mol. The number of carbonyl (C=O) groups is 1. The highest BCUT2D eigenvalue weighted by Crippen LogP contribution is 2.34. The van der Waals surface area contributed by atoms with Crippen molar-refractivity contribution in [1.82, 2.24) is 4.72 Å². The molecule has 1 fully saturated rings. The Kier molecular flexibility index (Phi) is 6.06. The van der Waals surface area contributed by atoms with Crippen molar-refractivity contribution in [3.05, 3.63) is 90.0 Å². The first kappa shape index (κ1) is 21.1. The second-order valence-corrected chi connectivity index (χ2v) is 9.07. The average Bonchev–Trinajstić information content (AvgIpc) is 3.24. The number of anilines is 1. The first-order chi connectivity index (χ1) is 15.0. The lowest BCUT2D eigenvalue weighted by Gasteiger charge is -2.22. The zero-order valence-corrected chi connectivity index (χ0v) is 18.0. The SMILES string of the molecule is COc1ccc(S(=O)(=O)NC(c2ccccc2)c2ccccc2)cc1N1CCCC1=O. The number of rotatable bonds is 7. The summed E-state index contributed by atoms with van der Waals surface area (Å²) in [5, 5.41) is 0. The van der Waals surface area contributed by atoms with E-state index in [9.17, 15) is 13.2 Å². The summed E-state index contributed by atoms with van der Waals surface area (Å²) in [5.41, 5.74) is 2.14. The van der Waals surface area contributed by atoms with E-state index in [1.165, 1.54) is 19.2 Å². The van der Waals surface area contributed by atoms with E-state index in [1.54, 1.807) is 11.0 Å². The molecule has 0 atom stereocenters. The van der Waals surface area contributed by atoms with Gasteiger partial charge in [0.05, 0.1) is 23.7 Å². The van der Waals surface area contributed by atoms with Gasteiger partial charge in [0.1, 0.15) is 5.75 Å². The molecule has 3 aromatic rings. The molecule has 0 unspecified atom stereocenters. The Morgan fingerprint density at radius 3 is 2.06 bits per heavy atom. The highest BCUT2D eigenvalue weighted by atomic mass is 32.2. The van der Waals surface area contributed by atoms with Crippen molar-refractivity contribution in [2.24, 2.45) is 0 Å². The number of sulfonamides is 1. The Morgan fingerprint density at radius 1 is 0.935 bits per heavy atom. The van der Waals surface area contributed by atoms with Gasteiger partial charge >= 0.3 is 0 Å². The maximum Gasteiger partial charge on any atom is 0.241 e. The Morgan fingerprint density at radius 2 is 1.55 bits per heavy atom. The van der Waals surface area contributed by atoms with Crippen molar-refractivity contribution in [3.8, 4) is 5.75 Å². The van der Waals surface area contributed by atoms with Gasteiger partial charge in [0, 0.05) is 13.0 Å². The highest BCUT2D eigenvalue weighted by molar-refractivity contribution is 7.89. The summed E-state index contributed by atoms with van der Waals surface area (Å²) >= 11 is 0. The van der Waals surface area contributed by atoms with E-state index in [1.807, 2.05) is 60.7 Å². The summed E-state index contributed by atoms with van der Waals surface area (Å²) in [7, 11) is -2.39. The van der Waals surface area contributed by atoms with Crippen LogP contribution in [0.1, 0.15) is 30.0 Å². The fourth-order valence-corrected chi connectivity index (χ4v) is 5.03. The summed E-state index contributed by atoms with van der Waals surface area (Å²) in [6.45, 7) is 0.544. The van der Waals surface area contributed by atoms with Crippen LogP contribution in [0.5, 0.6) is 5.75 Å². The number of benzene rings is 3. The molecule has 160 valence electrons. The molecule has 0 saturated carbocycles. The van der Waals surface area contributed by atoms with Gasteiger partial charge < -0.3 is 9.64 Å². The number of amides is 1. The molecule has 6 nitrogen and oxygen atoms in total. The van der Waals surface area contributed by atoms with Crippen molar-refractivity contribution >= 4 is 21.6 Å². The van der Waals surface area contributed by atoms with Gasteiger partial charge in [-0.3, -0.25) is 4.79 Å². The number of carbonyl (C=O) groups excluding carboxylic acids is 1. The van der Waals surface area contributed by atoms with Crippen molar-refractivity contribution in [3.63, 3.8) is 0 Å². The molecule has 1 saturated heterocycles. The van der Waals surface area contributed by atoms with Crippen molar-refractivity contribution < 1.29 is 17.9 Å². The van der Waals surface area contributed by atoms with Crippen molar-refractivity contribution in [2.45, 2.75) is 23.8 Å². The zero-order chi connectivity index (χ0) is 21.8. The minimum Gasteiger partial charge on any atom is -0.495 e. The van der Waals surface area contributed by atoms with Crippen LogP contribution in [-0.2, 0) is 14.8 Å². The highest BCUT2D eigenvalue weighted by Gasteiger charge is 2.28. The molecule has 31 heavy (non-hydrogen) atoms. The molecule has 1 aliphatic heterocycles. The third-order valence-corrected chi connectivity index (χ3v) is 6.78. The van der Waals surface area contributed by atoms with Crippen LogP contribution < -0.4 is 14.4 Å². The lowest BCUT2D eigenvalue weighted by molar-refractivity contribution is -0.117. The molecule has 0 aliphatic carbocycles. The van der Waals surface area contributed by atoms with E-state index in [0.29, 0.717) is 24.4 Å². The van der Waals surface area contributed by atoms with Crippen LogP contribution in [0, 0.1) is 0 Å². The van der Waals surface area contributed by atoms with E-state index < -0.39 is 16.1 Å². The monoisotopic (exact) mass is 436 g/mol. The molecule has 0 bridgehead atoms. The summed E-state index contributed by atoms with van der Waals surface area (Å²) in [6, 6.07) is 22.9. The fraction of sp³-hybridized carbons (Fsp3) is 0.208. The van der Waals surface area contributed by atoms with Gasteiger partial charge in [-0.25, -0.2) is 8.42 Å². The van der Waals surface area contributed by atoms with Gasteiger partial charge in [-0.1, -0.05) is 60.7 Å². The van der Waals surface area contributed by atoms with E-state index in [-0.39, 0.29) is 10.8 Å². The molecule has 1 N–H and O–H groups in total. The Balaban J connectivity index is 1.72. The lowest BCUT2D eigenvalue weighted by Crippen LogP contribution is -2.30. The number of hydrogen-bond donors (Lipinski definition) is 1. The zero-order valence-electron chi connectivity index (χ0n) is 17.2. The molecular weight excluding hydrogens is 412 g/mol. The third kappa shape index (κ3) is 4.47. The van der Waals surface area contributed by atoms with Crippen molar-refractivity contribution in [2.75, 3.05) is 18.6 Å².